The van der Waals surface area contributed by atoms with Crippen molar-refractivity contribution in [2.75, 3.05) is 0 Å². The Hall–Kier alpha value is -1.70. The van der Waals surface area contributed by atoms with Gasteiger partial charge in [0.1, 0.15) is 11.6 Å². The fraction of sp³-hybridized carbons (Fsp3) is 0.333. The van der Waals surface area contributed by atoms with Crippen LogP contribution >= 0.6 is 0 Å². The molecule has 0 heterocycles. The van der Waals surface area contributed by atoms with Crippen LogP contribution in [-0.2, 0) is 5.41 Å². The van der Waals surface area contributed by atoms with Crippen molar-refractivity contribution >= 4 is 0 Å². The summed E-state index contributed by atoms with van der Waals surface area (Å²) in [5.74, 6) is -1.02. The van der Waals surface area contributed by atoms with E-state index in [0.717, 1.165) is 6.07 Å². The molecule has 0 spiro atoms. The lowest BCUT2D eigenvalue weighted by Crippen LogP contribution is -2.10. The van der Waals surface area contributed by atoms with Crippen LogP contribution in [0.1, 0.15) is 37.5 Å². The van der Waals surface area contributed by atoms with E-state index in [4.69, 9.17) is 0 Å². The molecule has 2 heteroatoms. The maximum absolute atomic E-state index is 12.3. The third-order valence-electron chi connectivity index (χ3n) is 3.05. The Morgan fingerprint density at radius 1 is 0.800 bits per heavy atom. The molecule has 0 aliphatic carbocycles. The highest BCUT2D eigenvalue weighted by Gasteiger charge is 2.11. The summed E-state index contributed by atoms with van der Waals surface area (Å²) in [7, 11) is 0. The predicted octanol–water partition coefficient (Wildman–Crippen LogP) is 5.57. The molecule has 0 aliphatic rings. The fourth-order valence-corrected chi connectivity index (χ4v) is 1.62. The van der Waals surface area contributed by atoms with Crippen LogP contribution in [0.4, 0.5) is 8.78 Å². The number of hydrogen-bond acceptors (Lipinski definition) is 0. The molecule has 0 unspecified atom stereocenters. The van der Waals surface area contributed by atoms with Crippen LogP contribution < -0.4 is 0 Å². The van der Waals surface area contributed by atoms with Crippen molar-refractivity contribution in [1.29, 1.82) is 0 Å². The molecule has 0 bridgehead atoms. The van der Waals surface area contributed by atoms with E-state index in [9.17, 15) is 8.78 Å². The van der Waals surface area contributed by atoms with Crippen LogP contribution in [0.5, 0.6) is 0 Å². The first-order valence-electron chi connectivity index (χ1n) is 6.69. The molecule has 2 aromatic rings. The van der Waals surface area contributed by atoms with Gasteiger partial charge >= 0.3 is 0 Å². The Morgan fingerprint density at radius 3 is 1.75 bits per heavy atom. The molecule has 20 heavy (non-hydrogen) atoms. The lowest BCUT2D eigenvalue weighted by atomic mass is 9.87. The van der Waals surface area contributed by atoms with Gasteiger partial charge in [-0.25, -0.2) is 8.78 Å². The molecule has 0 saturated heterocycles. The van der Waals surface area contributed by atoms with Gasteiger partial charge in [0, 0.05) is 6.07 Å². The second kappa shape index (κ2) is 6.65. The standard InChI is InChI=1S/C11H16.C7H6F2/c1-9-5-7-10(8-6-9)11(2,3)4;1-5-2-3-6(8)4-7(5)9/h5-8H,1-4H3;2-4H,1H3. The van der Waals surface area contributed by atoms with Crippen molar-refractivity contribution in [3.8, 4) is 0 Å². The summed E-state index contributed by atoms with van der Waals surface area (Å²) in [6.07, 6.45) is 0. The lowest BCUT2D eigenvalue weighted by molar-refractivity contribution is 0.577. The van der Waals surface area contributed by atoms with Gasteiger partial charge in [0.2, 0.25) is 0 Å². The van der Waals surface area contributed by atoms with Crippen molar-refractivity contribution in [3.05, 3.63) is 70.8 Å². The zero-order valence-electron chi connectivity index (χ0n) is 12.8. The van der Waals surface area contributed by atoms with Crippen LogP contribution in [0.3, 0.4) is 0 Å². The molecule has 0 aliphatic heterocycles. The Balaban J connectivity index is 0.000000204. The van der Waals surface area contributed by atoms with Gasteiger partial charge in [-0.2, -0.15) is 0 Å². The molecular weight excluding hydrogens is 254 g/mol. The third-order valence-corrected chi connectivity index (χ3v) is 3.05. The average Bonchev–Trinajstić information content (AvgIpc) is 2.34. The normalized spacial score (nSPS) is 10.8. The number of benzene rings is 2. The van der Waals surface area contributed by atoms with E-state index in [1.165, 1.54) is 23.3 Å². The second-order valence-corrected chi connectivity index (χ2v) is 6.01. The molecule has 2 rings (SSSR count). The molecular formula is C18H22F2. The molecule has 0 amide bonds. The average molecular weight is 276 g/mol. The monoisotopic (exact) mass is 276 g/mol. The van der Waals surface area contributed by atoms with Gasteiger partial charge in [0.05, 0.1) is 0 Å². The van der Waals surface area contributed by atoms with Crippen LogP contribution in [0.25, 0.3) is 0 Å². The molecule has 2 aromatic carbocycles. The van der Waals surface area contributed by atoms with Gasteiger partial charge in [-0.1, -0.05) is 56.7 Å². The molecule has 0 fully saturated rings. The SMILES string of the molecule is Cc1ccc(C(C)(C)C)cc1.Cc1ccc(F)cc1F. The maximum atomic E-state index is 12.3. The first-order valence-corrected chi connectivity index (χ1v) is 6.69. The Bertz CT molecular complexity index is 549. The lowest BCUT2D eigenvalue weighted by Gasteiger charge is -2.18. The predicted molar refractivity (Wildman–Crippen MR) is 81.0 cm³/mol. The van der Waals surface area contributed by atoms with Crippen molar-refractivity contribution in [1.82, 2.24) is 0 Å². The first kappa shape index (κ1) is 16.4. The van der Waals surface area contributed by atoms with Crippen molar-refractivity contribution < 1.29 is 8.78 Å². The smallest absolute Gasteiger partial charge is 0.129 e. The summed E-state index contributed by atoms with van der Waals surface area (Å²) in [4.78, 5) is 0. The van der Waals surface area contributed by atoms with Crippen molar-refractivity contribution in [2.45, 2.75) is 40.0 Å². The van der Waals surface area contributed by atoms with Crippen LogP contribution in [0.2, 0.25) is 0 Å². The Kier molecular flexibility index (Phi) is 5.43. The zero-order valence-corrected chi connectivity index (χ0v) is 12.8. The molecule has 0 nitrogen and oxygen atoms in total. The summed E-state index contributed by atoms with van der Waals surface area (Å²) >= 11 is 0. The van der Waals surface area contributed by atoms with E-state index in [0.29, 0.717) is 5.56 Å². The van der Waals surface area contributed by atoms with Crippen LogP contribution in [0, 0.1) is 25.5 Å². The van der Waals surface area contributed by atoms with Crippen LogP contribution in [0.15, 0.2) is 42.5 Å². The fourth-order valence-electron chi connectivity index (χ4n) is 1.62. The molecule has 0 atom stereocenters. The highest BCUT2D eigenvalue weighted by Crippen LogP contribution is 2.21. The highest BCUT2D eigenvalue weighted by atomic mass is 19.1. The quantitative estimate of drug-likeness (QED) is 0.590. The van der Waals surface area contributed by atoms with E-state index in [1.807, 2.05) is 0 Å². The van der Waals surface area contributed by atoms with Gasteiger partial charge in [0.25, 0.3) is 0 Å². The minimum absolute atomic E-state index is 0.285. The number of halogens is 2. The van der Waals surface area contributed by atoms with E-state index < -0.39 is 11.6 Å². The van der Waals surface area contributed by atoms with E-state index >= 15 is 0 Å². The number of aryl methyl sites for hydroxylation is 2. The zero-order chi connectivity index (χ0) is 15.3. The first-order chi connectivity index (χ1) is 9.20. The number of rotatable bonds is 0. The summed E-state index contributed by atoms with van der Waals surface area (Å²) in [5.41, 5.74) is 3.49. The van der Waals surface area contributed by atoms with Gasteiger partial charge in [-0.05, 0) is 36.5 Å². The minimum Gasteiger partial charge on any atom is -0.207 e. The number of hydrogen-bond donors (Lipinski definition) is 0. The Morgan fingerprint density at radius 2 is 1.35 bits per heavy atom. The second-order valence-electron chi connectivity index (χ2n) is 6.01. The van der Waals surface area contributed by atoms with Gasteiger partial charge in [0.15, 0.2) is 0 Å². The molecule has 108 valence electrons. The van der Waals surface area contributed by atoms with E-state index in [1.54, 1.807) is 6.92 Å². The minimum atomic E-state index is -0.530. The van der Waals surface area contributed by atoms with Crippen molar-refractivity contribution in [2.24, 2.45) is 0 Å². The van der Waals surface area contributed by atoms with Gasteiger partial charge < -0.3 is 0 Å². The van der Waals surface area contributed by atoms with Gasteiger partial charge in [-0.3, -0.25) is 0 Å². The molecule has 0 saturated carbocycles. The van der Waals surface area contributed by atoms with E-state index in [-0.39, 0.29) is 5.41 Å². The molecule has 0 N–H and O–H groups in total. The van der Waals surface area contributed by atoms with Gasteiger partial charge in [-0.15, -0.1) is 0 Å². The summed E-state index contributed by atoms with van der Waals surface area (Å²) in [5, 5.41) is 0. The molecule has 0 radical (unpaired) electrons. The summed E-state index contributed by atoms with van der Waals surface area (Å²) in [6, 6.07) is 12.3. The maximum Gasteiger partial charge on any atom is 0.129 e. The third kappa shape index (κ3) is 5.12. The molecule has 0 aromatic heterocycles. The Labute approximate surface area is 120 Å². The summed E-state index contributed by atoms with van der Waals surface area (Å²) < 4.78 is 24.4. The van der Waals surface area contributed by atoms with Crippen LogP contribution in [-0.4, -0.2) is 0 Å². The largest absolute Gasteiger partial charge is 0.207 e. The summed E-state index contributed by atoms with van der Waals surface area (Å²) in [6.45, 7) is 10.4. The van der Waals surface area contributed by atoms with E-state index in [2.05, 4.69) is 52.0 Å². The van der Waals surface area contributed by atoms with Crippen molar-refractivity contribution in [3.63, 3.8) is 0 Å². The highest BCUT2D eigenvalue weighted by molar-refractivity contribution is 5.26. The topological polar surface area (TPSA) is 0 Å².